The van der Waals surface area contributed by atoms with E-state index in [0.717, 1.165) is 12.8 Å². The number of piperidine rings is 1. The second-order valence-electron chi connectivity index (χ2n) is 4.47. The predicted molar refractivity (Wildman–Crippen MR) is 55.6 cm³/mol. The van der Waals surface area contributed by atoms with Gasteiger partial charge in [0.05, 0.1) is 13.0 Å². The van der Waals surface area contributed by atoms with Crippen LogP contribution in [0.5, 0.6) is 0 Å². The van der Waals surface area contributed by atoms with Crippen molar-refractivity contribution in [1.29, 1.82) is 0 Å². The number of esters is 2. The average Bonchev–Trinajstić information content (AvgIpc) is 2.60. The molecule has 5 heteroatoms. The Kier molecular flexibility index (Phi) is 3.14. The molecule has 4 atom stereocenters. The van der Waals surface area contributed by atoms with Crippen molar-refractivity contribution < 1.29 is 19.1 Å². The van der Waals surface area contributed by atoms with Crippen LogP contribution < -0.4 is 5.32 Å². The summed E-state index contributed by atoms with van der Waals surface area (Å²) in [6, 6.07) is 0.288. The second-order valence-corrected chi connectivity index (χ2v) is 4.47. The minimum atomic E-state index is -0.258. The first kappa shape index (κ1) is 11.4. The van der Waals surface area contributed by atoms with E-state index in [-0.39, 0.29) is 36.0 Å². The number of methoxy groups -OCH3 is 1. The number of nitrogens with one attached hydrogen (secondary N) is 1. The van der Waals surface area contributed by atoms with E-state index < -0.39 is 0 Å². The van der Waals surface area contributed by atoms with Gasteiger partial charge in [-0.25, -0.2) is 0 Å². The van der Waals surface area contributed by atoms with E-state index in [9.17, 15) is 9.59 Å². The third-order valence-electron chi connectivity index (χ3n) is 3.45. The van der Waals surface area contributed by atoms with Gasteiger partial charge in [-0.05, 0) is 19.3 Å². The van der Waals surface area contributed by atoms with Gasteiger partial charge in [0.2, 0.25) is 0 Å². The van der Waals surface area contributed by atoms with Crippen molar-refractivity contribution in [2.45, 2.75) is 44.4 Å². The van der Waals surface area contributed by atoms with Crippen LogP contribution in [0, 0.1) is 5.92 Å². The van der Waals surface area contributed by atoms with Crippen molar-refractivity contribution in [3.05, 3.63) is 0 Å². The van der Waals surface area contributed by atoms with E-state index in [4.69, 9.17) is 9.47 Å². The second kappa shape index (κ2) is 4.41. The Bertz CT molecular complexity index is 304. The lowest BCUT2D eigenvalue weighted by atomic mass is 9.99. The lowest BCUT2D eigenvalue weighted by molar-refractivity contribution is -0.149. The minimum Gasteiger partial charge on any atom is -0.469 e. The molecule has 0 amide bonds. The van der Waals surface area contributed by atoms with Crippen molar-refractivity contribution in [1.82, 2.24) is 5.32 Å². The van der Waals surface area contributed by atoms with Crippen LogP contribution in [0.1, 0.15) is 26.2 Å². The number of carbonyl (C=O) groups excluding carboxylic acids is 2. The van der Waals surface area contributed by atoms with Gasteiger partial charge in [0.15, 0.2) is 0 Å². The van der Waals surface area contributed by atoms with Gasteiger partial charge >= 0.3 is 11.9 Å². The van der Waals surface area contributed by atoms with Crippen LogP contribution in [0.3, 0.4) is 0 Å². The van der Waals surface area contributed by atoms with Gasteiger partial charge in [-0.2, -0.15) is 0 Å². The van der Waals surface area contributed by atoms with E-state index in [1.54, 1.807) is 0 Å². The third-order valence-corrected chi connectivity index (χ3v) is 3.45. The molecule has 2 bridgehead atoms. The van der Waals surface area contributed by atoms with Gasteiger partial charge < -0.3 is 14.8 Å². The fourth-order valence-corrected chi connectivity index (χ4v) is 2.75. The number of ether oxygens (including phenoxy) is 2. The van der Waals surface area contributed by atoms with E-state index in [0.29, 0.717) is 6.42 Å². The molecule has 2 aliphatic rings. The Morgan fingerprint density at radius 1 is 1.25 bits per heavy atom. The van der Waals surface area contributed by atoms with Gasteiger partial charge in [-0.15, -0.1) is 0 Å². The molecule has 0 spiro atoms. The molecule has 5 nitrogen and oxygen atoms in total. The first-order valence-electron chi connectivity index (χ1n) is 5.63. The summed E-state index contributed by atoms with van der Waals surface area (Å²) in [5, 5.41) is 3.33. The molecule has 0 aromatic carbocycles. The maximum atomic E-state index is 11.5. The first-order valence-corrected chi connectivity index (χ1v) is 5.63. The molecule has 0 unspecified atom stereocenters. The van der Waals surface area contributed by atoms with Gasteiger partial charge in [-0.1, -0.05) is 0 Å². The summed E-state index contributed by atoms with van der Waals surface area (Å²) < 4.78 is 10.0. The molecule has 2 heterocycles. The molecule has 0 saturated carbocycles. The largest absolute Gasteiger partial charge is 0.469 e. The highest BCUT2D eigenvalue weighted by Gasteiger charge is 2.46. The highest BCUT2D eigenvalue weighted by Crippen LogP contribution is 2.34. The Balaban J connectivity index is 2.00. The predicted octanol–water partition coefficient (Wildman–Crippen LogP) is 0.232. The summed E-state index contributed by atoms with van der Waals surface area (Å²) in [4.78, 5) is 22.4. The normalized spacial score (nSPS) is 36.9. The Labute approximate surface area is 94.5 Å². The number of hydrogen-bond acceptors (Lipinski definition) is 5. The van der Waals surface area contributed by atoms with Gasteiger partial charge in [0.25, 0.3) is 0 Å². The Morgan fingerprint density at radius 3 is 2.62 bits per heavy atom. The molecule has 2 saturated heterocycles. The summed E-state index contributed by atoms with van der Waals surface area (Å²) in [6.45, 7) is 1.42. The number of rotatable bonds is 2. The van der Waals surface area contributed by atoms with Crippen LogP contribution in [0.2, 0.25) is 0 Å². The zero-order valence-electron chi connectivity index (χ0n) is 9.56. The van der Waals surface area contributed by atoms with Crippen LogP contribution in [0.4, 0.5) is 0 Å². The first-order chi connectivity index (χ1) is 7.61. The van der Waals surface area contributed by atoms with E-state index in [1.807, 2.05) is 0 Å². The van der Waals surface area contributed by atoms with E-state index in [1.165, 1.54) is 14.0 Å². The number of hydrogen-bond donors (Lipinski definition) is 1. The maximum absolute atomic E-state index is 11.5. The molecule has 16 heavy (non-hydrogen) atoms. The van der Waals surface area contributed by atoms with Crippen LogP contribution in [0.15, 0.2) is 0 Å². The van der Waals surface area contributed by atoms with Crippen molar-refractivity contribution in [3.63, 3.8) is 0 Å². The van der Waals surface area contributed by atoms with Crippen molar-refractivity contribution in [3.8, 4) is 0 Å². The van der Waals surface area contributed by atoms with E-state index in [2.05, 4.69) is 5.32 Å². The van der Waals surface area contributed by atoms with E-state index >= 15 is 0 Å². The topological polar surface area (TPSA) is 64.6 Å². The summed E-state index contributed by atoms with van der Waals surface area (Å²) >= 11 is 0. The average molecular weight is 227 g/mol. The summed E-state index contributed by atoms with van der Waals surface area (Å²) in [5.74, 6) is -0.509. The fourth-order valence-electron chi connectivity index (χ4n) is 2.75. The molecule has 0 aromatic rings. The van der Waals surface area contributed by atoms with Crippen molar-refractivity contribution >= 4 is 11.9 Å². The Morgan fingerprint density at radius 2 is 2.00 bits per heavy atom. The molecular weight excluding hydrogens is 210 g/mol. The zero-order chi connectivity index (χ0) is 11.7. The Hall–Kier alpha value is -1.10. The number of fused-ring (bicyclic) bond motifs is 2. The van der Waals surface area contributed by atoms with Gasteiger partial charge in [0, 0.05) is 19.0 Å². The molecule has 2 rings (SSSR count). The van der Waals surface area contributed by atoms with Crippen molar-refractivity contribution in [2.24, 2.45) is 5.92 Å². The fraction of sp³-hybridized carbons (Fsp3) is 0.818. The summed E-state index contributed by atoms with van der Waals surface area (Å²) in [7, 11) is 1.41. The highest BCUT2D eigenvalue weighted by molar-refractivity contribution is 5.74. The van der Waals surface area contributed by atoms with Crippen LogP contribution in [-0.4, -0.2) is 37.2 Å². The zero-order valence-corrected chi connectivity index (χ0v) is 9.56. The van der Waals surface area contributed by atoms with Gasteiger partial charge in [-0.3, -0.25) is 9.59 Å². The third kappa shape index (κ3) is 2.04. The molecule has 2 fully saturated rings. The maximum Gasteiger partial charge on any atom is 0.310 e. The standard InChI is InChI=1S/C11H17NO4/c1-6(13)16-10-4-3-8-7(11(14)15-2)5-9(10)12-8/h7-10,12H,3-5H2,1-2H3/t7-,8+,9+,10+/m0/s1. The highest BCUT2D eigenvalue weighted by atomic mass is 16.5. The molecular formula is C11H17NO4. The van der Waals surface area contributed by atoms with Gasteiger partial charge in [0.1, 0.15) is 6.10 Å². The van der Waals surface area contributed by atoms with Crippen LogP contribution in [0.25, 0.3) is 0 Å². The molecule has 1 N–H and O–H groups in total. The smallest absolute Gasteiger partial charge is 0.310 e. The quantitative estimate of drug-likeness (QED) is 0.684. The molecule has 0 aliphatic carbocycles. The molecule has 0 radical (unpaired) electrons. The molecule has 90 valence electrons. The monoisotopic (exact) mass is 227 g/mol. The molecule has 0 aromatic heterocycles. The van der Waals surface area contributed by atoms with Crippen LogP contribution >= 0.6 is 0 Å². The summed E-state index contributed by atoms with van der Waals surface area (Å²) in [5.41, 5.74) is 0. The number of carbonyl (C=O) groups is 2. The SMILES string of the molecule is COC(=O)[C@H]1C[C@H]2N[C@@H]1CC[C@H]2OC(C)=O. The van der Waals surface area contributed by atoms with Crippen molar-refractivity contribution in [2.75, 3.05) is 7.11 Å². The minimum absolute atomic E-state index is 0.0874. The molecule has 2 aliphatic heterocycles. The van der Waals surface area contributed by atoms with Crippen LogP contribution in [-0.2, 0) is 19.1 Å². The summed E-state index contributed by atoms with van der Waals surface area (Å²) in [6.07, 6.45) is 2.29. The lowest BCUT2D eigenvalue weighted by Gasteiger charge is -2.29. The lowest BCUT2D eigenvalue weighted by Crippen LogP contribution is -2.46.